The fourth-order valence-electron chi connectivity index (χ4n) is 3.62. The van der Waals surface area contributed by atoms with Crippen LogP contribution in [0, 0.1) is 19.8 Å². The average molecular weight is 326 g/mol. The van der Waals surface area contributed by atoms with Crippen molar-refractivity contribution in [1.29, 1.82) is 0 Å². The van der Waals surface area contributed by atoms with Crippen LogP contribution in [0.2, 0.25) is 0 Å². The molecule has 5 nitrogen and oxygen atoms in total. The fraction of sp³-hybridized carbons (Fsp3) is 0.474. The smallest absolute Gasteiger partial charge is 0.318 e. The zero-order valence-electron chi connectivity index (χ0n) is 14.9. The largest absolute Gasteiger partial charge is 0.334 e. The molecule has 1 N–H and O–H groups in total. The number of aryl methyl sites for hydroxylation is 2. The van der Waals surface area contributed by atoms with Crippen molar-refractivity contribution in [3.05, 3.63) is 52.8 Å². The molecule has 2 heterocycles. The maximum absolute atomic E-state index is 12.6. The lowest BCUT2D eigenvalue weighted by molar-refractivity contribution is 0.0590. The predicted octanol–water partition coefficient (Wildman–Crippen LogP) is 3.42. The molecule has 0 bridgehead atoms. The summed E-state index contributed by atoms with van der Waals surface area (Å²) in [5.74, 6) is 0.490. The predicted molar refractivity (Wildman–Crippen MR) is 94.7 cm³/mol. The Kier molecular flexibility index (Phi) is 4.60. The van der Waals surface area contributed by atoms with Gasteiger partial charge in [-0.2, -0.15) is 5.10 Å². The number of hydrogen-bond acceptors (Lipinski definition) is 2. The van der Waals surface area contributed by atoms with Gasteiger partial charge in [0.1, 0.15) is 0 Å². The van der Waals surface area contributed by atoms with Crippen LogP contribution in [0.1, 0.15) is 42.4 Å². The Hall–Kier alpha value is -2.30. The summed E-state index contributed by atoms with van der Waals surface area (Å²) in [7, 11) is 0. The van der Waals surface area contributed by atoms with Gasteiger partial charge >= 0.3 is 6.03 Å². The van der Waals surface area contributed by atoms with E-state index in [-0.39, 0.29) is 12.1 Å². The van der Waals surface area contributed by atoms with Crippen molar-refractivity contribution in [2.45, 2.75) is 46.8 Å². The normalized spacial score (nSPS) is 19.9. The van der Waals surface area contributed by atoms with Gasteiger partial charge in [-0.1, -0.05) is 37.3 Å². The molecule has 2 atom stereocenters. The Labute approximate surface area is 143 Å². The molecule has 1 aromatic heterocycles. The quantitative estimate of drug-likeness (QED) is 0.936. The molecule has 1 fully saturated rings. The molecule has 24 heavy (non-hydrogen) atoms. The van der Waals surface area contributed by atoms with Crippen LogP contribution in [0.4, 0.5) is 4.79 Å². The first-order chi connectivity index (χ1) is 11.5. The van der Waals surface area contributed by atoms with Crippen molar-refractivity contribution >= 4 is 6.03 Å². The van der Waals surface area contributed by atoms with E-state index in [2.05, 4.69) is 43.3 Å². The first kappa shape index (κ1) is 16.6. The minimum atomic E-state index is 0.00463. The number of urea groups is 1. The van der Waals surface area contributed by atoms with E-state index in [1.807, 2.05) is 34.7 Å². The molecule has 1 saturated heterocycles. The molecule has 1 aliphatic heterocycles. The van der Waals surface area contributed by atoms with Crippen LogP contribution in [0.5, 0.6) is 0 Å². The molecule has 1 aromatic carbocycles. The summed E-state index contributed by atoms with van der Waals surface area (Å²) in [5, 5.41) is 7.59. The summed E-state index contributed by atoms with van der Waals surface area (Å²) in [4.78, 5) is 14.5. The number of aromatic nitrogens is 2. The van der Waals surface area contributed by atoms with Crippen LogP contribution in [-0.2, 0) is 13.1 Å². The van der Waals surface area contributed by atoms with Crippen LogP contribution in [0.15, 0.2) is 30.3 Å². The zero-order chi connectivity index (χ0) is 17.3. The Morgan fingerprint density at radius 2 is 2.00 bits per heavy atom. The summed E-state index contributed by atoms with van der Waals surface area (Å²) >= 11 is 0. The third-order valence-corrected chi connectivity index (χ3v) is 5.01. The number of amides is 2. The summed E-state index contributed by atoms with van der Waals surface area (Å²) < 4.78 is 1.98. The van der Waals surface area contributed by atoms with E-state index in [0.717, 1.165) is 30.0 Å². The van der Waals surface area contributed by atoms with E-state index < -0.39 is 0 Å². The molecule has 0 unspecified atom stereocenters. The van der Waals surface area contributed by atoms with Crippen LogP contribution >= 0.6 is 0 Å². The topological polar surface area (TPSA) is 50.2 Å². The number of carbonyl (C=O) groups is 1. The van der Waals surface area contributed by atoms with Gasteiger partial charge in [-0.05, 0) is 32.3 Å². The standard InChI is InChI=1S/C19H26N4O/c1-5-23-15(4)17(14(3)21-23)11-20-19(24)22-12-13(2)18(22)16-9-7-6-8-10-16/h6-10,13,18H,5,11-12H2,1-4H3,(H,20,24)/t13-,18-/m1/s1. The number of hydrogen-bond donors (Lipinski definition) is 1. The minimum Gasteiger partial charge on any atom is -0.334 e. The molecule has 0 aliphatic carbocycles. The first-order valence-corrected chi connectivity index (χ1v) is 8.65. The summed E-state index contributed by atoms with van der Waals surface area (Å²) in [6.45, 7) is 10.5. The van der Waals surface area contributed by atoms with Crippen molar-refractivity contribution in [3.8, 4) is 0 Å². The Bertz CT molecular complexity index is 722. The average Bonchev–Trinajstić information content (AvgIpc) is 2.85. The van der Waals surface area contributed by atoms with E-state index in [1.165, 1.54) is 5.56 Å². The van der Waals surface area contributed by atoms with Gasteiger partial charge in [0, 0.05) is 30.9 Å². The van der Waals surface area contributed by atoms with E-state index in [4.69, 9.17) is 0 Å². The minimum absolute atomic E-state index is 0.00463. The third-order valence-electron chi connectivity index (χ3n) is 5.01. The van der Waals surface area contributed by atoms with Crippen molar-refractivity contribution in [1.82, 2.24) is 20.0 Å². The van der Waals surface area contributed by atoms with Gasteiger partial charge in [-0.25, -0.2) is 4.79 Å². The molecule has 0 saturated carbocycles. The summed E-state index contributed by atoms with van der Waals surface area (Å²) in [6.07, 6.45) is 0. The van der Waals surface area contributed by atoms with Crippen molar-refractivity contribution in [2.75, 3.05) is 6.54 Å². The van der Waals surface area contributed by atoms with E-state index in [1.54, 1.807) is 0 Å². The third kappa shape index (κ3) is 2.90. The van der Waals surface area contributed by atoms with Crippen molar-refractivity contribution in [2.24, 2.45) is 5.92 Å². The van der Waals surface area contributed by atoms with Crippen LogP contribution in [0.25, 0.3) is 0 Å². The van der Waals surface area contributed by atoms with Crippen molar-refractivity contribution in [3.63, 3.8) is 0 Å². The van der Waals surface area contributed by atoms with Crippen LogP contribution in [0.3, 0.4) is 0 Å². The Balaban J connectivity index is 1.67. The number of nitrogens with zero attached hydrogens (tertiary/aromatic N) is 3. The van der Waals surface area contributed by atoms with Gasteiger partial charge in [0.2, 0.25) is 0 Å². The summed E-state index contributed by atoms with van der Waals surface area (Å²) in [6, 6.07) is 10.4. The maximum Gasteiger partial charge on any atom is 0.318 e. The molecule has 2 amide bonds. The van der Waals surface area contributed by atoms with Crippen LogP contribution < -0.4 is 5.32 Å². The highest BCUT2D eigenvalue weighted by atomic mass is 16.2. The molecule has 2 aromatic rings. The highest BCUT2D eigenvalue weighted by molar-refractivity contribution is 5.76. The molecule has 5 heteroatoms. The number of nitrogens with one attached hydrogen (secondary N) is 1. The SMILES string of the molecule is CCn1nc(C)c(CNC(=O)N2C[C@@H](C)[C@@H]2c2ccccc2)c1C. The molecule has 0 spiro atoms. The second-order valence-corrected chi connectivity index (χ2v) is 6.61. The van der Waals surface area contributed by atoms with Gasteiger partial charge < -0.3 is 10.2 Å². The van der Waals surface area contributed by atoms with Gasteiger partial charge in [0.05, 0.1) is 11.7 Å². The lowest BCUT2D eigenvalue weighted by atomic mass is 9.85. The van der Waals surface area contributed by atoms with Gasteiger partial charge in [0.15, 0.2) is 0 Å². The van der Waals surface area contributed by atoms with Gasteiger partial charge in [0.25, 0.3) is 0 Å². The number of rotatable bonds is 4. The van der Waals surface area contributed by atoms with E-state index >= 15 is 0 Å². The van der Waals surface area contributed by atoms with E-state index in [9.17, 15) is 4.79 Å². The monoisotopic (exact) mass is 326 g/mol. The lowest BCUT2D eigenvalue weighted by Gasteiger charge is -2.46. The second-order valence-electron chi connectivity index (χ2n) is 6.61. The molecule has 128 valence electrons. The maximum atomic E-state index is 12.6. The highest BCUT2D eigenvalue weighted by Gasteiger charge is 2.39. The molecule has 1 aliphatic rings. The van der Waals surface area contributed by atoms with Gasteiger partial charge in [-0.3, -0.25) is 4.68 Å². The molecular weight excluding hydrogens is 300 g/mol. The fourth-order valence-corrected chi connectivity index (χ4v) is 3.62. The van der Waals surface area contributed by atoms with Crippen LogP contribution in [-0.4, -0.2) is 27.3 Å². The molecular formula is C19H26N4O. The number of carbonyl (C=O) groups excluding carboxylic acids is 1. The zero-order valence-corrected chi connectivity index (χ0v) is 14.9. The highest BCUT2D eigenvalue weighted by Crippen LogP contribution is 2.38. The second kappa shape index (κ2) is 6.67. The van der Waals surface area contributed by atoms with Gasteiger partial charge in [-0.15, -0.1) is 0 Å². The molecule has 3 rings (SSSR count). The number of likely N-dealkylation sites (tertiary alicyclic amines) is 1. The Morgan fingerprint density at radius 1 is 1.29 bits per heavy atom. The first-order valence-electron chi connectivity index (χ1n) is 8.65. The van der Waals surface area contributed by atoms with Crippen molar-refractivity contribution < 1.29 is 4.79 Å². The molecule has 0 radical (unpaired) electrons. The lowest BCUT2D eigenvalue weighted by Crippen LogP contribution is -2.54. The number of benzene rings is 1. The Morgan fingerprint density at radius 3 is 2.58 bits per heavy atom. The van der Waals surface area contributed by atoms with E-state index in [0.29, 0.717) is 12.5 Å². The summed E-state index contributed by atoms with van der Waals surface area (Å²) in [5.41, 5.74) is 4.45.